The number of hydrogen-bond acceptors (Lipinski definition) is 7. The van der Waals surface area contributed by atoms with Crippen LogP contribution in [0.25, 0.3) is 44.1 Å². The van der Waals surface area contributed by atoms with Crippen molar-refractivity contribution in [3.05, 3.63) is 58.1 Å². The number of nitrogens with one attached hydrogen (secondary N) is 2. The Hall–Kier alpha value is -4.58. The molecule has 1 fully saturated rings. The van der Waals surface area contributed by atoms with Gasteiger partial charge in [0.25, 0.3) is 0 Å². The Morgan fingerprint density at radius 2 is 2.03 bits per heavy atom. The Morgan fingerprint density at radius 3 is 2.72 bits per heavy atom. The zero-order valence-corrected chi connectivity index (χ0v) is 21.0. The van der Waals surface area contributed by atoms with Gasteiger partial charge in [-0.1, -0.05) is 0 Å². The smallest absolute Gasteiger partial charge is 0.341 e. The van der Waals surface area contributed by atoms with E-state index >= 15 is 4.39 Å². The minimum Gasteiger partial charge on any atom is -0.477 e. The number of carboxylic acids is 1. The molecule has 10 nitrogen and oxygen atoms in total. The van der Waals surface area contributed by atoms with E-state index in [0.29, 0.717) is 64.2 Å². The van der Waals surface area contributed by atoms with E-state index < -0.39 is 28.6 Å². The number of nitrogens with zero attached hydrogens (tertiary/aromatic N) is 4. The Bertz CT molecular complexity index is 1880. The number of carbonyl (C=O) groups is 1. The first-order chi connectivity index (χ1) is 18.7. The summed E-state index contributed by atoms with van der Waals surface area (Å²) < 4.78 is 31.6. The Labute approximate surface area is 219 Å². The number of aromatic carboxylic acids is 1. The molecule has 5 heterocycles. The van der Waals surface area contributed by atoms with Gasteiger partial charge in [0.1, 0.15) is 16.9 Å². The topological polar surface area (TPSA) is 136 Å². The van der Waals surface area contributed by atoms with Crippen LogP contribution in [0, 0.1) is 17.6 Å². The van der Waals surface area contributed by atoms with Crippen molar-refractivity contribution in [2.75, 3.05) is 37.0 Å². The van der Waals surface area contributed by atoms with E-state index in [1.807, 2.05) is 4.90 Å². The number of rotatable bonds is 5. The fourth-order valence-corrected chi connectivity index (χ4v) is 5.53. The number of carboxylic acid groups (broad SMARTS) is 1. The highest BCUT2D eigenvalue weighted by Crippen LogP contribution is 2.44. The van der Waals surface area contributed by atoms with Crippen LogP contribution in [-0.4, -0.2) is 62.4 Å². The highest BCUT2D eigenvalue weighted by molar-refractivity contribution is 6.18. The van der Waals surface area contributed by atoms with Gasteiger partial charge >= 0.3 is 5.97 Å². The van der Waals surface area contributed by atoms with Gasteiger partial charge in [-0.3, -0.25) is 4.79 Å². The number of aromatic amines is 1. The summed E-state index contributed by atoms with van der Waals surface area (Å²) in [5, 5.41) is 22.7. The number of aliphatic hydroxyl groups excluding tert-OH is 1. The van der Waals surface area contributed by atoms with Gasteiger partial charge in [-0.25, -0.2) is 23.5 Å². The van der Waals surface area contributed by atoms with Gasteiger partial charge in [0.2, 0.25) is 5.43 Å². The summed E-state index contributed by atoms with van der Waals surface area (Å²) in [4.78, 5) is 38.8. The molecule has 0 unspecified atom stereocenters. The number of aliphatic hydroxyl groups is 1. The molecule has 4 N–H and O–H groups in total. The summed E-state index contributed by atoms with van der Waals surface area (Å²) in [5.74, 6) is -3.41. The average Bonchev–Trinajstić information content (AvgIpc) is 3.57. The first-order valence-corrected chi connectivity index (χ1v) is 12.3. The van der Waals surface area contributed by atoms with Crippen molar-refractivity contribution in [1.29, 1.82) is 0 Å². The lowest BCUT2D eigenvalue weighted by Gasteiger charge is -2.23. The molecule has 4 aromatic heterocycles. The fourth-order valence-electron chi connectivity index (χ4n) is 5.53. The van der Waals surface area contributed by atoms with E-state index in [1.165, 1.54) is 10.8 Å². The zero-order chi connectivity index (χ0) is 27.6. The van der Waals surface area contributed by atoms with Crippen LogP contribution in [0.3, 0.4) is 0 Å². The lowest BCUT2D eigenvalue weighted by molar-refractivity contribution is 0.0695. The summed E-state index contributed by atoms with van der Waals surface area (Å²) in [6.07, 6.45) is 5.03. The molecule has 0 aliphatic carbocycles. The molecule has 1 aromatic carbocycles. The summed E-state index contributed by atoms with van der Waals surface area (Å²) in [5.41, 5.74) is 1.81. The molecule has 6 rings (SSSR count). The van der Waals surface area contributed by atoms with E-state index in [0.717, 1.165) is 6.07 Å². The minimum absolute atomic E-state index is 0.0131. The lowest BCUT2D eigenvalue weighted by Crippen LogP contribution is -2.22. The van der Waals surface area contributed by atoms with Crippen LogP contribution in [0.5, 0.6) is 0 Å². The third-order valence-electron chi connectivity index (χ3n) is 7.45. The van der Waals surface area contributed by atoms with Gasteiger partial charge in [0.15, 0.2) is 11.6 Å². The second-order valence-corrected chi connectivity index (χ2v) is 9.76. The lowest BCUT2D eigenvalue weighted by atomic mass is 10.0. The standard InChI is InChI=1S/C27H24F2N6O4/c1-30-18-6-17(28)21(29)19-20-23(35-4-3-12(9-35)11-36)15(8-31-25(20)33-22(18)19)13-5-14-24(37)16(27(38)39)10-34(2)26(14)32-7-13/h5-8,10,12,30,36H,3-4,9,11H2,1-2H3,(H,31,33)(H,38,39)/t12-/m0/s1. The van der Waals surface area contributed by atoms with E-state index in [1.54, 1.807) is 32.6 Å². The van der Waals surface area contributed by atoms with Crippen LogP contribution in [0.15, 0.2) is 35.5 Å². The molecule has 1 atom stereocenters. The zero-order valence-electron chi connectivity index (χ0n) is 21.0. The molecule has 1 aliphatic rings. The van der Waals surface area contributed by atoms with E-state index in [4.69, 9.17) is 0 Å². The van der Waals surface area contributed by atoms with Gasteiger partial charge in [0, 0.05) is 75.5 Å². The van der Waals surface area contributed by atoms with E-state index in [9.17, 15) is 24.2 Å². The highest BCUT2D eigenvalue weighted by Gasteiger charge is 2.30. The molecular weight excluding hydrogens is 510 g/mol. The number of aromatic nitrogens is 4. The van der Waals surface area contributed by atoms with Crippen molar-refractivity contribution in [2.45, 2.75) is 6.42 Å². The number of benzene rings is 1. The average molecular weight is 535 g/mol. The first-order valence-electron chi connectivity index (χ1n) is 12.3. The van der Waals surface area contributed by atoms with Crippen LogP contribution in [-0.2, 0) is 7.05 Å². The molecule has 200 valence electrons. The van der Waals surface area contributed by atoms with Crippen LogP contribution in [0.2, 0.25) is 0 Å². The van der Waals surface area contributed by atoms with Gasteiger partial charge in [-0.2, -0.15) is 0 Å². The molecule has 0 radical (unpaired) electrons. The molecular formula is C27H24F2N6O4. The maximum Gasteiger partial charge on any atom is 0.341 e. The Kier molecular flexibility index (Phi) is 5.72. The molecule has 39 heavy (non-hydrogen) atoms. The molecule has 0 spiro atoms. The molecule has 0 bridgehead atoms. The summed E-state index contributed by atoms with van der Waals surface area (Å²) >= 11 is 0. The predicted octanol–water partition coefficient (Wildman–Crippen LogP) is 3.47. The Morgan fingerprint density at radius 1 is 1.23 bits per heavy atom. The largest absolute Gasteiger partial charge is 0.477 e. The monoisotopic (exact) mass is 534 g/mol. The van der Waals surface area contributed by atoms with Crippen molar-refractivity contribution >= 4 is 50.3 Å². The molecule has 0 amide bonds. The number of fused-ring (bicyclic) bond motifs is 4. The number of halogens is 2. The summed E-state index contributed by atoms with van der Waals surface area (Å²) in [7, 11) is 3.21. The van der Waals surface area contributed by atoms with Gasteiger partial charge in [-0.15, -0.1) is 0 Å². The molecule has 1 aliphatic heterocycles. The van der Waals surface area contributed by atoms with Crippen molar-refractivity contribution in [3.8, 4) is 11.1 Å². The second kappa shape index (κ2) is 9.02. The first kappa shape index (κ1) is 24.7. The van der Waals surface area contributed by atoms with Crippen LogP contribution < -0.4 is 15.6 Å². The van der Waals surface area contributed by atoms with Crippen LogP contribution in [0.1, 0.15) is 16.8 Å². The molecule has 1 saturated heterocycles. The number of hydrogen-bond donors (Lipinski definition) is 4. The summed E-state index contributed by atoms with van der Waals surface area (Å²) in [6.45, 7) is 0.995. The van der Waals surface area contributed by atoms with Gasteiger partial charge in [0.05, 0.1) is 33.1 Å². The number of aryl methyl sites for hydroxylation is 1. The van der Waals surface area contributed by atoms with Crippen molar-refractivity contribution in [1.82, 2.24) is 19.5 Å². The molecule has 12 heteroatoms. The van der Waals surface area contributed by atoms with E-state index in [2.05, 4.69) is 20.3 Å². The van der Waals surface area contributed by atoms with Crippen molar-refractivity contribution in [2.24, 2.45) is 13.0 Å². The molecule has 5 aromatic rings. The van der Waals surface area contributed by atoms with Gasteiger partial charge in [-0.05, 0) is 12.5 Å². The number of H-pyrrole nitrogens is 1. The number of anilines is 2. The van der Waals surface area contributed by atoms with Crippen LogP contribution >= 0.6 is 0 Å². The van der Waals surface area contributed by atoms with Crippen molar-refractivity contribution in [3.63, 3.8) is 0 Å². The van der Waals surface area contributed by atoms with E-state index in [-0.39, 0.29) is 23.3 Å². The predicted molar refractivity (Wildman–Crippen MR) is 143 cm³/mol. The maximum absolute atomic E-state index is 15.4. The highest BCUT2D eigenvalue weighted by atomic mass is 19.2. The second-order valence-electron chi connectivity index (χ2n) is 9.76. The quantitative estimate of drug-likeness (QED) is 0.269. The minimum atomic E-state index is -1.35. The SMILES string of the molecule is CNc1cc(F)c(F)c2c1[nH]c1ncc(-c3cnc4c(c3)c(=O)c(C(=O)O)cn4C)c(N3CC[C@H](CO)C3)c12. The van der Waals surface area contributed by atoms with Crippen LogP contribution in [0.4, 0.5) is 20.2 Å². The summed E-state index contributed by atoms with van der Waals surface area (Å²) in [6, 6.07) is 2.63. The fraction of sp³-hybridized carbons (Fsp3) is 0.259. The third-order valence-corrected chi connectivity index (χ3v) is 7.45. The normalized spacial score (nSPS) is 15.6. The maximum atomic E-state index is 15.4. The number of pyridine rings is 3. The molecule has 0 saturated carbocycles. The van der Waals surface area contributed by atoms with Crippen molar-refractivity contribution < 1.29 is 23.8 Å². The van der Waals surface area contributed by atoms with Gasteiger partial charge < -0.3 is 30.0 Å². The third kappa shape index (κ3) is 3.70. The Balaban J connectivity index is 1.71.